The molecule has 2 atom stereocenters. The standard InChI is InChI=1S/C23H28ClFN2O3/c1-5-15(2)26-23(29)16(3)27(14-17-8-6-9-18(12-17)30-4)22(28)13-19-20(24)10-7-11-21(19)25/h6-12,15-16H,5,13-14H2,1-4H3,(H,26,29)/t15-,16+/m1/s1. The summed E-state index contributed by atoms with van der Waals surface area (Å²) in [5.74, 6) is -0.556. The molecule has 162 valence electrons. The van der Waals surface area contributed by atoms with Crippen LogP contribution >= 0.6 is 11.6 Å². The van der Waals surface area contributed by atoms with Gasteiger partial charge in [-0.2, -0.15) is 0 Å². The van der Waals surface area contributed by atoms with E-state index < -0.39 is 17.8 Å². The minimum absolute atomic E-state index is 0.0188. The predicted octanol–water partition coefficient (Wildman–Crippen LogP) is 4.36. The number of nitrogens with zero attached hydrogens (tertiary/aromatic N) is 1. The zero-order chi connectivity index (χ0) is 22.3. The Morgan fingerprint density at radius 2 is 1.90 bits per heavy atom. The highest BCUT2D eigenvalue weighted by Crippen LogP contribution is 2.22. The lowest BCUT2D eigenvalue weighted by atomic mass is 10.1. The molecule has 0 aliphatic heterocycles. The van der Waals surface area contributed by atoms with Gasteiger partial charge in [0.15, 0.2) is 0 Å². The van der Waals surface area contributed by atoms with Crippen molar-refractivity contribution in [1.82, 2.24) is 10.2 Å². The van der Waals surface area contributed by atoms with Crippen LogP contribution in [0.25, 0.3) is 0 Å². The van der Waals surface area contributed by atoms with Gasteiger partial charge < -0.3 is 15.0 Å². The molecule has 0 bridgehead atoms. The van der Waals surface area contributed by atoms with Crippen LogP contribution in [0, 0.1) is 5.82 Å². The number of carbonyl (C=O) groups is 2. The minimum Gasteiger partial charge on any atom is -0.497 e. The number of nitrogens with one attached hydrogen (secondary N) is 1. The number of benzene rings is 2. The van der Waals surface area contributed by atoms with Gasteiger partial charge in [0.25, 0.3) is 0 Å². The van der Waals surface area contributed by atoms with Gasteiger partial charge in [-0.1, -0.05) is 36.7 Å². The third-order valence-corrected chi connectivity index (χ3v) is 5.40. The topological polar surface area (TPSA) is 58.6 Å². The van der Waals surface area contributed by atoms with Gasteiger partial charge in [0, 0.05) is 23.2 Å². The molecule has 0 unspecified atom stereocenters. The summed E-state index contributed by atoms with van der Waals surface area (Å²) < 4.78 is 19.5. The zero-order valence-electron chi connectivity index (χ0n) is 17.7. The van der Waals surface area contributed by atoms with Crippen LogP contribution in [-0.2, 0) is 22.6 Å². The minimum atomic E-state index is -0.747. The molecule has 0 saturated heterocycles. The molecule has 0 fully saturated rings. The number of carbonyl (C=O) groups excluding carboxylic acids is 2. The number of halogens is 2. The number of hydrogen-bond acceptors (Lipinski definition) is 3. The first-order chi connectivity index (χ1) is 14.3. The zero-order valence-corrected chi connectivity index (χ0v) is 18.5. The average molecular weight is 435 g/mol. The van der Waals surface area contributed by atoms with E-state index in [1.807, 2.05) is 26.0 Å². The first-order valence-electron chi connectivity index (χ1n) is 9.92. The van der Waals surface area contributed by atoms with Crippen molar-refractivity contribution in [3.8, 4) is 5.75 Å². The van der Waals surface area contributed by atoms with Crippen molar-refractivity contribution in [2.45, 2.75) is 52.2 Å². The largest absolute Gasteiger partial charge is 0.497 e. The third-order valence-electron chi connectivity index (χ3n) is 5.05. The van der Waals surface area contributed by atoms with Crippen molar-refractivity contribution in [2.24, 2.45) is 0 Å². The van der Waals surface area contributed by atoms with Crippen LogP contribution in [-0.4, -0.2) is 35.9 Å². The SMILES string of the molecule is CC[C@@H](C)NC(=O)[C@H](C)N(Cc1cccc(OC)c1)C(=O)Cc1c(F)cccc1Cl. The predicted molar refractivity (Wildman–Crippen MR) is 116 cm³/mol. The second-order valence-electron chi connectivity index (χ2n) is 7.24. The Balaban J connectivity index is 2.31. The fourth-order valence-electron chi connectivity index (χ4n) is 2.97. The lowest BCUT2D eigenvalue weighted by Crippen LogP contribution is -2.50. The van der Waals surface area contributed by atoms with E-state index in [4.69, 9.17) is 16.3 Å². The quantitative estimate of drug-likeness (QED) is 0.637. The van der Waals surface area contributed by atoms with Crippen LogP contribution in [0.15, 0.2) is 42.5 Å². The number of rotatable bonds is 9. The molecular formula is C23H28ClFN2O3. The van der Waals surface area contributed by atoms with Crippen LogP contribution in [0.3, 0.4) is 0 Å². The van der Waals surface area contributed by atoms with Crippen molar-refractivity contribution in [1.29, 1.82) is 0 Å². The highest BCUT2D eigenvalue weighted by Gasteiger charge is 2.28. The van der Waals surface area contributed by atoms with E-state index in [1.165, 1.54) is 17.0 Å². The van der Waals surface area contributed by atoms with Crippen molar-refractivity contribution in [2.75, 3.05) is 7.11 Å². The third kappa shape index (κ3) is 6.20. The molecule has 0 aliphatic rings. The molecule has 0 spiro atoms. The number of amides is 2. The summed E-state index contributed by atoms with van der Waals surface area (Å²) in [5.41, 5.74) is 0.917. The highest BCUT2D eigenvalue weighted by molar-refractivity contribution is 6.31. The summed E-state index contributed by atoms with van der Waals surface area (Å²) in [6.45, 7) is 5.71. The number of ether oxygens (including phenoxy) is 1. The molecule has 0 aromatic heterocycles. The summed E-state index contributed by atoms with van der Waals surface area (Å²) in [5, 5.41) is 3.08. The summed E-state index contributed by atoms with van der Waals surface area (Å²) in [4.78, 5) is 27.3. The lowest BCUT2D eigenvalue weighted by molar-refractivity contribution is -0.140. The van der Waals surface area contributed by atoms with Crippen LogP contribution in [0.4, 0.5) is 4.39 Å². The summed E-state index contributed by atoms with van der Waals surface area (Å²) in [6, 6.07) is 10.8. The Labute approximate surface area is 182 Å². The van der Waals surface area contributed by atoms with Crippen molar-refractivity contribution in [3.05, 3.63) is 64.4 Å². The van der Waals surface area contributed by atoms with Gasteiger partial charge >= 0.3 is 0 Å². The second-order valence-corrected chi connectivity index (χ2v) is 7.65. The smallest absolute Gasteiger partial charge is 0.242 e. The van der Waals surface area contributed by atoms with Crippen molar-refractivity contribution < 1.29 is 18.7 Å². The van der Waals surface area contributed by atoms with Crippen molar-refractivity contribution >= 4 is 23.4 Å². The normalized spacial score (nSPS) is 12.7. The summed E-state index contributed by atoms with van der Waals surface area (Å²) in [6.07, 6.45) is 0.531. The maximum Gasteiger partial charge on any atom is 0.242 e. The summed E-state index contributed by atoms with van der Waals surface area (Å²) >= 11 is 6.10. The molecule has 0 saturated carbocycles. The molecule has 2 aromatic carbocycles. The maximum absolute atomic E-state index is 14.2. The number of hydrogen-bond donors (Lipinski definition) is 1. The van der Waals surface area contributed by atoms with E-state index >= 15 is 0 Å². The van der Waals surface area contributed by atoms with Gasteiger partial charge in [0.05, 0.1) is 13.5 Å². The molecule has 5 nitrogen and oxygen atoms in total. The van der Waals surface area contributed by atoms with Gasteiger partial charge in [-0.3, -0.25) is 9.59 Å². The average Bonchev–Trinajstić information content (AvgIpc) is 2.74. The summed E-state index contributed by atoms with van der Waals surface area (Å²) in [7, 11) is 1.56. The Bertz CT molecular complexity index is 870. The Kier molecular flexibility index (Phi) is 8.66. The van der Waals surface area contributed by atoms with E-state index in [0.717, 1.165) is 12.0 Å². The second kappa shape index (κ2) is 11.0. The first-order valence-corrected chi connectivity index (χ1v) is 10.3. The first kappa shape index (κ1) is 23.7. The lowest BCUT2D eigenvalue weighted by Gasteiger charge is -2.30. The van der Waals surface area contributed by atoms with Gasteiger partial charge in [0.1, 0.15) is 17.6 Å². The number of methoxy groups -OCH3 is 1. The Morgan fingerprint density at radius 1 is 1.20 bits per heavy atom. The molecule has 0 heterocycles. The van der Waals surface area contributed by atoms with Gasteiger partial charge in [-0.05, 0) is 50.1 Å². The molecule has 2 amide bonds. The van der Waals surface area contributed by atoms with Crippen LogP contribution in [0.5, 0.6) is 5.75 Å². The van der Waals surface area contributed by atoms with E-state index in [2.05, 4.69) is 5.32 Å². The van der Waals surface area contributed by atoms with Crippen LogP contribution in [0.2, 0.25) is 5.02 Å². The molecule has 1 N–H and O–H groups in total. The molecule has 30 heavy (non-hydrogen) atoms. The highest BCUT2D eigenvalue weighted by atomic mass is 35.5. The monoisotopic (exact) mass is 434 g/mol. The molecule has 2 aromatic rings. The molecule has 0 aliphatic carbocycles. The van der Waals surface area contributed by atoms with Crippen molar-refractivity contribution in [3.63, 3.8) is 0 Å². The van der Waals surface area contributed by atoms with E-state index in [0.29, 0.717) is 5.75 Å². The van der Waals surface area contributed by atoms with E-state index in [9.17, 15) is 14.0 Å². The van der Waals surface area contributed by atoms with Crippen LogP contribution in [0.1, 0.15) is 38.3 Å². The fraction of sp³-hybridized carbons (Fsp3) is 0.391. The van der Waals surface area contributed by atoms with Gasteiger partial charge in [-0.15, -0.1) is 0 Å². The van der Waals surface area contributed by atoms with Gasteiger partial charge in [-0.25, -0.2) is 4.39 Å². The fourth-order valence-corrected chi connectivity index (χ4v) is 3.20. The maximum atomic E-state index is 14.2. The molecule has 7 heteroatoms. The molecule has 2 rings (SSSR count). The van der Waals surface area contributed by atoms with Crippen LogP contribution < -0.4 is 10.1 Å². The Hall–Kier alpha value is -2.60. The molecule has 0 radical (unpaired) electrons. The van der Waals surface area contributed by atoms with Gasteiger partial charge in [0.2, 0.25) is 11.8 Å². The van der Waals surface area contributed by atoms with E-state index in [-0.39, 0.29) is 35.5 Å². The van der Waals surface area contributed by atoms with E-state index in [1.54, 1.807) is 32.2 Å². The Morgan fingerprint density at radius 3 is 2.53 bits per heavy atom. The molecular weight excluding hydrogens is 407 g/mol.